The monoisotopic (exact) mass is 296 g/mol. The number of rotatable bonds is 5. The first-order valence-electron chi connectivity index (χ1n) is 4.88. The molecule has 1 N–H and O–H groups in total. The number of phenols is 1. The van der Waals surface area contributed by atoms with E-state index in [1.807, 2.05) is 0 Å². The molecule has 10 heteroatoms. The molecule has 0 spiro atoms. The van der Waals surface area contributed by atoms with Crippen LogP contribution in [-0.2, 0) is 10.0 Å². The number of halogens is 2. The molecular formula is C9H10F2N2O5S. The molecule has 1 aromatic carbocycles. The minimum Gasteiger partial charge on any atom is -0.502 e. The van der Waals surface area contributed by atoms with Crippen LogP contribution < -0.4 is 0 Å². The molecule has 0 aliphatic carbocycles. The van der Waals surface area contributed by atoms with E-state index in [0.29, 0.717) is 10.4 Å². The van der Waals surface area contributed by atoms with Crippen LogP contribution in [0.1, 0.15) is 0 Å². The highest BCUT2D eigenvalue weighted by Gasteiger charge is 2.26. The van der Waals surface area contributed by atoms with Gasteiger partial charge in [-0.1, -0.05) is 0 Å². The van der Waals surface area contributed by atoms with Crippen LogP contribution in [0.4, 0.5) is 14.5 Å². The van der Waals surface area contributed by atoms with Gasteiger partial charge >= 0.3 is 5.69 Å². The van der Waals surface area contributed by atoms with E-state index in [0.717, 1.165) is 19.2 Å². The van der Waals surface area contributed by atoms with Gasteiger partial charge in [0.05, 0.1) is 16.4 Å². The second kappa shape index (κ2) is 5.45. The largest absolute Gasteiger partial charge is 0.502 e. The summed E-state index contributed by atoms with van der Waals surface area (Å²) in [6.45, 7) is -1.03. The summed E-state index contributed by atoms with van der Waals surface area (Å²) in [5.74, 6) is -0.708. The normalized spacial score (nSPS) is 12.1. The number of nitro benzene ring substituents is 1. The molecule has 0 amide bonds. The maximum absolute atomic E-state index is 12.1. The molecule has 0 atom stereocenters. The first-order valence-corrected chi connectivity index (χ1v) is 6.32. The van der Waals surface area contributed by atoms with Crippen LogP contribution in [0, 0.1) is 10.1 Å². The lowest BCUT2D eigenvalue weighted by atomic mass is 10.3. The fourth-order valence-corrected chi connectivity index (χ4v) is 2.45. The molecule has 1 aromatic rings. The first kappa shape index (κ1) is 15.2. The molecule has 0 heterocycles. The summed E-state index contributed by atoms with van der Waals surface area (Å²) >= 11 is 0. The lowest BCUT2D eigenvalue weighted by Crippen LogP contribution is -2.31. The van der Waals surface area contributed by atoms with Crippen LogP contribution in [0.2, 0.25) is 0 Å². The predicted molar refractivity (Wildman–Crippen MR) is 60.6 cm³/mol. The van der Waals surface area contributed by atoms with E-state index in [2.05, 4.69) is 0 Å². The Kier molecular flexibility index (Phi) is 4.37. The van der Waals surface area contributed by atoms with Crippen LogP contribution in [0.15, 0.2) is 23.1 Å². The van der Waals surface area contributed by atoms with Crippen LogP contribution >= 0.6 is 0 Å². The van der Waals surface area contributed by atoms with Crippen molar-refractivity contribution < 1.29 is 27.2 Å². The molecule has 0 aliphatic heterocycles. The quantitative estimate of drug-likeness (QED) is 0.649. The van der Waals surface area contributed by atoms with Gasteiger partial charge in [0.15, 0.2) is 5.75 Å². The molecule has 0 aliphatic rings. The molecule has 0 fully saturated rings. The van der Waals surface area contributed by atoms with Gasteiger partial charge in [0.1, 0.15) is 0 Å². The number of hydrogen-bond donors (Lipinski definition) is 1. The number of phenolic OH excluding ortho intramolecular Hbond substituents is 1. The third kappa shape index (κ3) is 3.35. The Morgan fingerprint density at radius 1 is 1.47 bits per heavy atom. The summed E-state index contributed by atoms with van der Waals surface area (Å²) in [5.41, 5.74) is -0.813. The van der Waals surface area contributed by atoms with Crippen molar-refractivity contribution in [3.8, 4) is 5.75 Å². The standard InChI is InChI=1S/C9H10F2N2O5S/c1-12(5-9(10)11)19(17,18)6-2-3-8(14)7(4-6)13(15)16/h2-4,9,14H,5H2,1H3. The average molecular weight is 296 g/mol. The van der Waals surface area contributed by atoms with Crippen molar-refractivity contribution in [2.75, 3.05) is 13.6 Å². The number of hydrogen-bond acceptors (Lipinski definition) is 5. The molecule has 7 nitrogen and oxygen atoms in total. The van der Waals surface area contributed by atoms with E-state index in [4.69, 9.17) is 0 Å². The van der Waals surface area contributed by atoms with Crippen LogP contribution in [-0.4, -0.2) is 42.8 Å². The second-order valence-electron chi connectivity index (χ2n) is 3.58. The topological polar surface area (TPSA) is 101 Å². The van der Waals surface area contributed by atoms with Crippen molar-refractivity contribution in [1.82, 2.24) is 4.31 Å². The number of aromatic hydroxyl groups is 1. The molecule has 0 saturated heterocycles. The Balaban J connectivity index is 3.22. The zero-order valence-corrected chi connectivity index (χ0v) is 10.5. The number of nitro groups is 1. The lowest BCUT2D eigenvalue weighted by Gasteiger charge is -2.16. The fraction of sp³-hybridized carbons (Fsp3) is 0.333. The van der Waals surface area contributed by atoms with E-state index >= 15 is 0 Å². The summed E-state index contributed by atoms with van der Waals surface area (Å²) in [6, 6.07) is 2.34. The number of nitrogens with zero attached hydrogens (tertiary/aromatic N) is 2. The molecule has 0 radical (unpaired) electrons. The van der Waals surface area contributed by atoms with Crippen LogP contribution in [0.3, 0.4) is 0 Å². The predicted octanol–water partition coefficient (Wildman–Crippen LogP) is 1.19. The van der Waals surface area contributed by atoms with Crippen molar-refractivity contribution in [3.05, 3.63) is 28.3 Å². The molecule has 0 unspecified atom stereocenters. The number of alkyl halides is 2. The summed E-state index contributed by atoms with van der Waals surface area (Å²) in [6.07, 6.45) is -2.87. The van der Waals surface area contributed by atoms with Gasteiger partial charge in [-0.25, -0.2) is 17.2 Å². The summed E-state index contributed by atoms with van der Waals surface area (Å²) < 4.78 is 48.4. The summed E-state index contributed by atoms with van der Waals surface area (Å²) in [4.78, 5) is 9.05. The Bertz CT molecular complexity index is 590. The minimum atomic E-state index is -4.27. The summed E-state index contributed by atoms with van der Waals surface area (Å²) in [7, 11) is -3.34. The van der Waals surface area contributed by atoms with E-state index in [1.54, 1.807) is 0 Å². The minimum absolute atomic E-state index is 0.383. The maximum atomic E-state index is 12.1. The Hall–Kier alpha value is -1.81. The lowest BCUT2D eigenvalue weighted by molar-refractivity contribution is -0.386. The summed E-state index contributed by atoms with van der Waals surface area (Å²) in [5, 5.41) is 19.8. The van der Waals surface area contributed by atoms with E-state index < -0.39 is 44.2 Å². The van der Waals surface area contributed by atoms with E-state index in [9.17, 15) is 32.4 Å². The third-order valence-electron chi connectivity index (χ3n) is 2.25. The first-order chi connectivity index (χ1) is 8.66. The molecule has 0 saturated carbocycles. The molecule has 0 bridgehead atoms. The van der Waals surface area contributed by atoms with Crippen molar-refractivity contribution in [1.29, 1.82) is 0 Å². The molecule has 0 aromatic heterocycles. The van der Waals surface area contributed by atoms with Crippen molar-refractivity contribution in [3.63, 3.8) is 0 Å². The average Bonchev–Trinajstić information content (AvgIpc) is 2.27. The highest BCUT2D eigenvalue weighted by atomic mass is 32.2. The zero-order valence-electron chi connectivity index (χ0n) is 9.66. The van der Waals surface area contributed by atoms with Crippen LogP contribution in [0.25, 0.3) is 0 Å². The van der Waals surface area contributed by atoms with Gasteiger partial charge in [-0.3, -0.25) is 10.1 Å². The maximum Gasteiger partial charge on any atom is 0.312 e. The van der Waals surface area contributed by atoms with Crippen molar-refractivity contribution >= 4 is 15.7 Å². The van der Waals surface area contributed by atoms with Crippen molar-refractivity contribution in [2.45, 2.75) is 11.3 Å². The highest BCUT2D eigenvalue weighted by Crippen LogP contribution is 2.29. The Morgan fingerprint density at radius 3 is 2.53 bits per heavy atom. The van der Waals surface area contributed by atoms with Gasteiger partial charge in [0, 0.05) is 13.1 Å². The van der Waals surface area contributed by atoms with Gasteiger partial charge < -0.3 is 5.11 Å². The van der Waals surface area contributed by atoms with E-state index in [1.165, 1.54) is 0 Å². The number of sulfonamides is 1. The Labute approximate surface area is 107 Å². The molecule has 19 heavy (non-hydrogen) atoms. The Morgan fingerprint density at radius 2 is 2.05 bits per heavy atom. The van der Waals surface area contributed by atoms with Gasteiger partial charge in [-0.15, -0.1) is 0 Å². The van der Waals surface area contributed by atoms with Crippen molar-refractivity contribution in [2.24, 2.45) is 0 Å². The van der Waals surface area contributed by atoms with E-state index in [-0.39, 0.29) is 0 Å². The zero-order chi connectivity index (χ0) is 14.8. The van der Waals surface area contributed by atoms with Crippen LogP contribution in [0.5, 0.6) is 5.75 Å². The van der Waals surface area contributed by atoms with Gasteiger partial charge in [-0.2, -0.15) is 4.31 Å². The van der Waals surface area contributed by atoms with Gasteiger partial charge in [-0.05, 0) is 12.1 Å². The second-order valence-corrected chi connectivity index (χ2v) is 5.63. The molecule has 1 rings (SSSR count). The highest BCUT2D eigenvalue weighted by molar-refractivity contribution is 7.89. The number of benzene rings is 1. The molecule has 106 valence electrons. The SMILES string of the molecule is CN(CC(F)F)S(=O)(=O)c1ccc(O)c([N+](=O)[O-])c1. The smallest absolute Gasteiger partial charge is 0.312 e. The molecular weight excluding hydrogens is 286 g/mol. The van der Waals surface area contributed by atoms with Gasteiger partial charge in [0.25, 0.3) is 6.43 Å². The van der Waals surface area contributed by atoms with Gasteiger partial charge in [0.2, 0.25) is 10.0 Å². The third-order valence-corrected chi connectivity index (χ3v) is 4.07. The fourth-order valence-electron chi connectivity index (χ4n) is 1.28.